The van der Waals surface area contributed by atoms with Crippen molar-refractivity contribution in [1.29, 1.82) is 0 Å². The summed E-state index contributed by atoms with van der Waals surface area (Å²) in [5.74, 6) is 0.912. The highest BCUT2D eigenvalue weighted by Crippen LogP contribution is 2.36. The third-order valence-electron chi connectivity index (χ3n) is 2.20. The molecule has 1 heterocycles. The topological polar surface area (TPSA) is 111 Å². The van der Waals surface area contributed by atoms with Crippen molar-refractivity contribution in [2.75, 3.05) is 0 Å². The van der Waals surface area contributed by atoms with E-state index in [1.165, 1.54) is 0 Å². The van der Waals surface area contributed by atoms with E-state index in [-0.39, 0.29) is 0 Å². The molecule has 1 rings (SSSR count). The maximum Gasteiger partial charge on any atom is 0.480 e. The minimum absolute atomic E-state index is 0.778. The van der Waals surface area contributed by atoms with Gasteiger partial charge in [0.05, 0.1) is 13.5 Å². The zero-order chi connectivity index (χ0) is 19.6. The van der Waals surface area contributed by atoms with Gasteiger partial charge in [-0.15, -0.1) is 0 Å². The number of aromatic nitrogens is 2. The van der Waals surface area contributed by atoms with Crippen molar-refractivity contribution >= 4 is 20.0 Å². The molecule has 0 saturated carbocycles. The van der Waals surface area contributed by atoms with Gasteiger partial charge in [-0.1, -0.05) is 11.7 Å². The summed E-state index contributed by atoms with van der Waals surface area (Å²) >= 11 is 0. The lowest BCUT2D eigenvalue weighted by Gasteiger charge is -2.22. The molecule has 0 aliphatic rings. The lowest BCUT2D eigenvalue weighted by atomic mass is 10.5. The molecule has 0 aromatic carbocycles. The maximum absolute atomic E-state index is 11.4. The summed E-state index contributed by atoms with van der Waals surface area (Å²) in [4.78, 5) is 0. The molecule has 8 nitrogen and oxygen atoms in total. The van der Waals surface area contributed by atoms with Crippen LogP contribution < -0.4 is 4.57 Å². The summed E-state index contributed by atoms with van der Waals surface area (Å²) < 4.78 is 112. The zero-order valence-electron chi connectivity index (χ0n) is 11.9. The van der Waals surface area contributed by atoms with E-state index in [0.717, 1.165) is 21.1 Å². The first-order valence-corrected chi connectivity index (χ1v) is 8.46. The maximum atomic E-state index is 11.4. The van der Waals surface area contributed by atoms with E-state index in [1.54, 1.807) is 6.20 Å². The van der Waals surface area contributed by atoms with Crippen LogP contribution in [0.15, 0.2) is 12.4 Å². The van der Waals surface area contributed by atoms with Crippen LogP contribution in [-0.4, -0.2) is 37.8 Å². The largest absolute Gasteiger partial charge is 0.480 e. The lowest BCUT2D eigenvalue weighted by molar-refractivity contribution is -0.679. The van der Waals surface area contributed by atoms with E-state index in [2.05, 4.69) is 0 Å². The number of rotatable bonds is 3. The highest BCUT2D eigenvalue weighted by Gasteiger charge is 2.46. The normalized spacial score (nSPS) is 13.3. The van der Waals surface area contributed by atoms with Crippen LogP contribution in [0.4, 0.5) is 26.3 Å². The molecule has 1 aromatic rings. The number of alkyl halides is 6. The predicted octanol–water partition coefficient (Wildman–Crippen LogP) is 1.17. The Morgan fingerprint density at radius 2 is 1.46 bits per heavy atom. The third-order valence-corrected chi connectivity index (χ3v) is 4.94. The molecular formula is C8H11F6N3O5S2. The van der Waals surface area contributed by atoms with E-state index in [0.29, 0.717) is 0 Å². The SMILES string of the molecule is CCc1n(O)cc[n+]1C.O=S(=O)([N-]S(=O)(=O)C(F)(F)F)C(F)(F)F. The molecule has 0 amide bonds. The van der Waals surface area contributed by atoms with Crippen LogP contribution in [0.5, 0.6) is 0 Å². The number of hydrogen-bond donors (Lipinski definition) is 1. The summed E-state index contributed by atoms with van der Waals surface area (Å²) in [6.07, 6.45) is 4.29. The second kappa shape index (κ2) is 7.14. The van der Waals surface area contributed by atoms with Gasteiger partial charge in [0.15, 0.2) is 26.2 Å². The number of sulfonamides is 2. The Kier molecular flexibility index (Phi) is 6.68. The highest BCUT2D eigenvalue weighted by atomic mass is 32.3. The van der Waals surface area contributed by atoms with E-state index in [1.807, 2.05) is 24.7 Å². The molecule has 0 aliphatic heterocycles. The first kappa shape index (κ1) is 22.4. The second-order valence-corrected chi connectivity index (χ2v) is 7.36. The van der Waals surface area contributed by atoms with Crippen LogP contribution in [0.2, 0.25) is 0 Å². The molecule has 0 bridgehead atoms. The fraction of sp³-hybridized carbons (Fsp3) is 0.625. The minimum Gasteiger partial charge on any atom is -0.421 e. The van der Waals surface area contributed by atoms with Crippen molar-refractivity contribution in [2.45, 2.75) is 24.4 Å². The van der Waals surface area contributed by atoms with Gasteiger partial charge in [0.2, 0.25) is 0 Å². The van der Waals surface area contributed by atoms with Gasteiger partial charge in [0.25, 0.3) is 5.82 Å². The van der Waals surface area contributed by atoms with Crippen molar-refractivity contribution in [3.05, 3.63) is 22.3 Å². The van der Waals surface area contributed by atoms with Crippen LogP contribution in [0, 0.1) is 0 Å². The lowest BCUT2D eigenvalue weighted by Crippen LogP contribution is -2.31. The molecule has 0 saturated heterocycles. The molecule has 1 aromatic heterocycles. The number of aryl methyl sites for hydroxylation is 1. The second-order valence-electron chi connectivity index (χ2n) is 3.94. The molecule has 0 radical (unpaired) electrons. The molecule has 16 heteroatoms. The average molecular weight is 407 g/mol. The summed E-state index contributed by atoms with van der Waals surface area (Å²) in [5, 5.41) is 9.03. The van der Waals surface area contributed by atoms with Crippen molar-refractivity contribution in [3.63, 3.8) is 0 Å². The van der Waals surface area contributed by atoms with Crippen LogP contribution >= 0.6 is 0 Å². The van der Waals surface area contributed by atoms with Crippen molar-refractivity contribution < 1.29 is 53.0 Å². The molecular weight excluding hydrogens is 396 g/mol. The molecule has 142 valence electrons. The molecule has 0 aliphatic carbocycles. The Hall–Kier alpha value is -1.55. The third kappa shape index (κ3) is 5.52. The van der Waals surface area contributed by atoms with Gasteiger partial charge in [-0.3, -0.25) is 0 Å². The quantitative estimate of drug-likeness (QED) is 0.459. The predicted molar refractivity (Wildman–Crippen MR) is 65.5 cm³/mol. The van der Waals surface area contributed by atoms with Gasteiger partial charge in [-0.05, 0) is 0 Å². The molecule has 1 N–H and O–H groups in total. The van der Waals surface area contributed by atoms with Crippen LogP contribution in [-0.2, 0) is 33.5 Å². The van der Waals surface area contributed by atoms with Crippen LogP contribution in [0.25, 0.3) is 4.13 Å². The highest BCUT2D eigenvalue weighted by molar-refractivity contribution is 8.13. The van der Waals surface area contributed by atoms with Gasteiger partial charge in [0, 0.05) is 0 Å². The molecule has 0 atom stereocenters. The number of hydrogen-bond acceptors (Lipinski definition) is 5. The summed E-state index contributed by atoms with van der Waals surface area (Å²) in [7, 11) is -11.5. The molecule has 0 fully saturated rings. The average Bonchev–Trinajstić information content (AvgIpc) is 2.65. The molecule has 0 unspecified atom stereocenters. The number of nitrogens with zero attached hydrogens (tertiary/aromatic N) is 3. The summed E-state index contributed by atoms with van der Waals surface area (Å²) in [6.45, 7) is 2.00. The Morgan fingerprint density at radius 3 is 1.62 bits per heavy atom. The van der Waals surface area contributed by atoms with Gasteiger partial charge < -0.3 is 9.33 Å². The van der Waals surface area contributed by atoms with E-state index >= 15 is 0 Å². The minimum atomic E-state index is -6.72. The van der Waals surface area contributed by atoms with Gasteiger partial charge in [-0.25, -0.2) is 21.4 Å². The van der Waals surface area contributed by atoms with Crippen molar-refractivity contribution in [3.8, 4) is 0 Å². The smallest absolute Gasteiger partial charge is 0.421 e. The van der Waals surface area contributed by atoms with Crippen molar-refractivity contribution in [2.24, 2.45) is 7.05 Å². The fourth-order valence-electron chi connectivity index (χ4n) is 1.12. The number of imidazole rings is 1. The van der Waals surface area contributed by atoms with Crippen LogP contribution in [0.1, 0.15) is 12.7 Å². The van der Waals surface area contributed by atoms with Gasteiger partial charge in [-0.2, -0.15) is 26.3 Å². The first-order valence-electron chi connectivity index (χ1n) is 5.58. The molecule has 24 heavy (non-hydrogen) atoms. The summed E-state index contributed by atoms with van der Waals surface area (Å²) in [6, 6.07) is 0. The zero-order valence-corrected chi connectivity index (χ0v) is 13.5. The standard InChI is InChI=1S/C6H11N2O.C2F6NO4S2/c1-3-6-7(2)4-5-8(6)9;3-1(4,5)14(10,11)9-15(12,13)2(6,7)8/h4-5,9H,3H2,1-2H3;/q+1;-1. The monoisotopic (exact) mass is 407 g/mol. The van der Waals surface area contributed by atoms with E-state index < -0.39 is 31.1 Å². The Balaban J connectivity index is 0.000000496. The van der Waals surface area contributed by atoms with E-state index in [9.17, 15) is 43.2 Å². The Labute approximate surface area is 132 Å². The molecule has 0 spiro atoms. The van der Waals surface area contributed by atoms with Gasteiger partial charge in [0.1, 0.15) is 6.20 Å². The fourth-order valence-corrected chi connectivity index (χ4v) is 2.83. The summed E-state index contributed by atoms with van der Waals surface area (Å²) in [5.41, 5.74) is -12.4. The Bertz CT molecular complexity index is 704. The first-order chi connectivity index (χ1) is 10.5. The van der Waals surface area contributed by atoms with Crippen molar-refractivity contribution in [1.82, 2.24) is 4.73 Å². The van der Waals surface area contributed by atoms with Gasteiger partial charge >= 0.3 is 11.0 Å². The number of halogens is 6. The van der Waals surface area contributed by atoms with E-state index in [4.69, 9.17) is 5.21 Å². The van der Waals surface area contributed by atoms with Crippen LogP contribution in [0.3, 0.4) is 0 Å². The Morgan fingerprint density at radius 1 is 1.08 bits per heavy atom.